The Hall–Kier alpha value is -1.28. The van der Waals surface area contributed by atoms with Crippen LogP contribution in [0.5, 0.6) is 5.75 Å². The number of nitrogens with two attached hydrogens (primary N) is 1. The topological polar surface area (TPSA) is 35.2 Å². The highest BCUT2D eigenvalue weighted by Crippen LogP contribution is 2.30. The first kappa shape index (κ1) is 14.1. The zero-order valence-electron chi connectivity index (χ0n) is 11.7. The number of aryl methyl sites for hydroxylation is 1. The Bertz CT molecular complexity index is 414. The summed E-state index contributed by atoms with van der Waals surface area (Å²) in [6.07, 6.45) is 10.1. The minimum Gasteiger partial charge on any atom is -0.494 e. The number of hydrogen-bond acceptors (Lipinski definition) is 2. The molecule has 1 aromatic rings. The highest BCUT2D eigenvalue weighted by molar-refractivity contribution is 5.39. The molecule has 0 aliphatic heterocycles. The second-order valence-corrected chi connectivity index (χ2v) is 5.35. The van der Waals surface area contributed by atoms with Crippen molar-refractivity contribution in [2.45, 2.75) is 51.0 Å². The third-order valence-corrected chi connectivity index (χ3v) is 3.80. The van der Waals surface area contributed by atoms with Crippen molar-refractivity contribution in [1.29, 1.82) is 0 Å². The highest BCUT2D eigenvalue weighted by Gasteiger charge is 2.17. The Kier molecular flexibility index (Phi) is 5.46. The van der Waals surface area contributed by atoms with E-state index in [1.165, 1.54) is 30.4 Å². The Labute approximate surface area is 116 Å². The van der Waals surface area contributed by atoms with Gasteiger partial charge in [-0.05, 0) is 68.2 Å². The predicted octanol–water partition coefficient (Wildman–Crippen LogP) is 4.15. The Balaban J connectivity index is 1.81. The molecule has 1 aliphatic rings. The molecule has 2 nitrogen and oxygen atoms in total. The molecule has 2 N–H and O–H groups in total. The molecule has 0 fully saturated rings. The molecule has 2 rings (SSSR count). The number of fused-ring (bicyclic) bond motifs is 1. The average Bonchev–Trinajstić information content (AvgIpc) is 2.43. The number of allylic oxidation sites excluding steroid dienone is 1. The highest BCUT2D eigenvalue weighted by atomic mass is 16.5. The number of rotatable bonds is 7. The molecule has 0 unspecified atom stereocenters. The normalized spacial score (nSPS) is 17.8. The summed E-state index contributed by atoms with van der Waals surface area (Å²) >= 11 is 0. The van der Waals surface area contributed by atoms with E-state index in [0.717, 1.165) is 38.0 Å². The van der Waals surface area contributed by atoms with Crippen LogP contribution in [0.15, 0.2) is 30.9 Å². The summed E-state index contributed by atoms with van der Waals surface area (Å²) in [6.45, 7) is 4.53. The molecule has 0 spiro atoms. The lowest BCUT2D eigenvalue weighted by molar-refractivity contribution is 0.304. The van der Waals surface area contributed by atoms with E-state index in [-0.39, 0.29) is 6.04 Å². The van der Waals surface area contributed by atoms with Crippen LogP contribution < -0.4 is 10.5 Å². The molecule has 1 atom stereocenters. The van der Waals surface area contributed by atoms with Crippen molar-refractivity contribution in [3.8, 4) is 5.75 Å². The van der Waals surface area contributed by atoms with Gasteiger partial charge in [-0.2, -0.15) is 0 Å². The van der Waals surface area contributed by atoms with Crippen LogP contribution in [0.1, 0.15) is 55.7 Å². The molecule has 2 heteroatoms. The second kappa shape index (κ2) is 7.34. The monoisotopic (exact) mass is 259 g/mol. The molecule has 0 saturated carbocycles. The fourth-order valence-electron chi connectivity index (χ4n) is 2.66. The van der Waals surface area contributed by atoms with Gasteiger partial charge in [0.2, 0.25) is 0 Å². The maximum atomic E-state index is 6.16. The van der Waals surface area contributed by atoms with Crippen LogP contribution in [0.3, 0.4) is 0 Å². The van der Waals surface area contributed by atoms with Crippen LogP contribution in [0, 0.1) is 0 Å². The Morgan fingerprint density at radius 1 is 1.32 bits per heavy atom. The van der Waals surface area contributed by atoms with Gasteiger partial charge < -0.3 is 10.5 Å². The summed E-state index contributed by atoms with van der Waals surface area (Å²) in [5.41, 5.74) is 8.85. The van der Waals surface area contributed by atoms with Gasteiger partial charge in [0.05, 0.1) is 6.61 Å². The van der Waals surface area contributed by atoms with Gasteiger partial charge in [-0.15, -0.1) is 6.58 Å². The van der Waals surface area contributed by atoms with Crippen LogP contribution in [-0.2, 0) is 6.42 Å². The first-order valence-electron chi connectivity index (χ1n) is 7.43. The summed E-state index contributed by atoms with van der Waals surface area (Å²) in [7, 11) is 0. The maximum Gasteiger partial charge on any atom is 0.119 e. The van der Waals surface area contributed by atoms with Crippen molar-refractivity contribution in [1.82, 2.24) is 0 Å². The van der Waals surface area contributed by atoms with Gasteiger partial charge >= 0.3 is 0 Å². The van der Waals surface area contributed by atoms with Crippen LogP contribution in [0.4, 0.5) is 0 Å². The minimum atomic E-state index is 0.194. The van der Waals surface area contributed by atoms with Gasteiger partial charge in [0, 0.05) is 6.04 Å². The quantitative estimate of drug-likeness (QED) is 0.590. The largest absolute Gasteiger partial charge is 0.494 e. The van der Waals surface area contributed by atoms with Gasteiger partial charge in [0.25, 0.3) is 0 Å². The van der Waals surface area contributed by atoms with E-state index >= 15 is 0 Å². The van der Waals surface area contributed by atoms with Crippen LogP contribution in [0.2, 0.25) is 0 Å². The fraction of sp³-hybridized carbons (Fsp3) is 0.529. The van der Waals surface area contributed by atoms with E-state index in [4.69, 9.17) is 10.5 Å². The van der Waals surface area contributed by atoms with Crippen molar-refractivity contribution < 1.29 is 4.74 Å². The van der Waals surface area contributed by atoms with Crippen molar-refractivity contribution in [2.75, 3.05) is 6.61 Å². The van der Waals surface area contributed by atoms with Gasteiger partial charge in [-0.25, -0.2) is 0 Å². The zero-order chi connectivity index (χ0) is 13.5. The van der Waals surface area contributed by atoms with Crippen molar-refractivity contribution in [2.24, 2.45) is 5.73 Å². The van der Waals surface area contributed by atoms with Crippen LogP contribution >= 0.6 is 0 Å². The summed E-state index contributed by atoms with van der Waals surface area (Å²) in [4.78, 5) is 0. The lowest BCUT2D eigenvalue weighted by Crippen LogP contribution is -2.17. The summed E-state index contributed by atoms with van der Waals surface area (Å²) in [6, 6.07) is 6.60. The smallest absolute Gasteiger partial charge is 0.119 e. The number of hydrogen-bond donors (Lipinski definition) is 1. The fourth-order valence-corrected chi connectivity index (χ4v) is 2.66. The summed E-state index contributed by atoms with van der Waals surface area (Å²) < 4.78 is 5.82. The lowest BCUT2D eigenvalue weighted by atomic mass is 9.88. The van der Waals surface area contributed by atoms with E-state index < -0.39 is 0 Å². The maximum absolute atomic E-state index is 6.16. The van der Waals surface area contributed by atoms with Crippen LogP contribution in [0.25, 0.3) is 0 Å². The summed E-state index contributed by atoms with van der Waals surface area (Å²) in [5.74, 6) is 0.972. The van der Waals surface area contributed by atoms with Gasteiger partial charge in [0.1, 0.15) is 5.75 Å². The first-order valence-corrected chi connectivity index (χ1v) is 7.43. The van der Waals surface area contributed by atoms with Crippen molar-refractivity contribution >= 4 is 0 Å². The number of ether oxygens (including phenoxy) is 1. The molecule has 104 valence electrons. The van der Waals surface area contributed by atoms with E-state index in [1.807, 2.05) is 6.08 Å². The molecular weight excluding hydrogens is 234 g/mol. The molecule has 0 radical (unpaired) electrons. The van der Waals surface area contributed by atoms with Crippen molar-refractivity contribution in [3.63, 3.8) is 0 Å². The molecule has 0 aromatic heterocycles. The lowest BCUT2D eigenvalue weighted by Gasteiger charge is -2.22. The van der Waals surface area contributed by atoms with E-state index in [0.29, 0.717) is 0 Å². The summed E-state index contributed by atoms with van der Waals surface area (Å²) in [5, 5.41) is 0. The molecule has 0 bridgehead atoms. The molecule has 1 aliphatic carbocycles. The number of benzene rings is 1. The van der Waals surface area contributed by atoms with Crippen molar-refractivity contribution in [3.05, 3.63) is 42.0 Å². The third-order valence-electron chi connectivity index (χ3n) is 3.80. The van der Waals surface area contributed by atoms with E-state index in [9.17, 15) is 0 Å². The first-order chi connectivity index (χ1) is 9.31. The Morgan fingerprint density at radius 3 is 3.05 bits per heavy atom. The van der Waals surface area contributed by atoms with Gasteiger partial charge in [0.15, 0.2) is 0 Å². The van der Waals surface area contributed by atoms with E-state index in [1.54, 1.807) is 0 Å². The average molecular weight is 259 g/mol. The molecule has 0 heterocycles. The Morgan fingerprint density at radius 2 is 2.21 bits per heavy atom. The predicted molar refractivity (Wildman–Crippen MR) is 80.5 cm³/mol. The van der Waals surface area contributed by atoms with Gasteiger partial charge in [-0.3, -0.25) is 0 Å². The molecular formula is C17H25NO. The third kappa shape index (κ3) is 4.10. The van der Waals surface area contributed by atoms with E-state index in [2.05, 4.69) is 24.8 Å². The standard InChI is InChI=1S/C17H25NO/c1-2-3-4-5-6-12-19-15-11-10-14-8-7-9-17(18)16(14)13-15/h2,10-11,13,17H,1,3-9,12,18H2/t17-/m0/s1. The second-order valence-electron chi connectivity index (χ2n) is 5.35. The molecule has 0 amide bonds. The minimum absolute atomic E-state index is 0.194. The van der Waals surface area contributed by atoms with Gasteiger partial charge in [-0.1, -0.05) is 12.1 Å². The number of unbranched alkanes of at least 4 members (excludes halogenated alkanes) is 3. The SMILES string of the molecule is C=CCCCCCOc1ccc2c(c1)[C@@H](N)CCC2. The molecule has 19 heavy (non-hydrogen) atoms. The zero-order valence-corrected chi connectivity index (χ0v) is 11.7. The molecule has 0 saturated heterocycles. The molecule has 1 aromatic carbocycles. The van der Waals surface area contributed by atoms with Crippen LogP contribution in [-0.4, -0.2) is 6.61 Å².